The zero-order chi connectivity index (χ0) is 21.5. The first-order valence-electron chi connectivity index (χ1n) is 10.5. The molecule has 3 aliphatic rings. The summed E-state index contributed by atoms with van der Waals surface area (Å²) in [5, 5.41) is 23.5. The number of para-hydroxylation sites is 1. The molecular formula is C22H28N4O4. The van der Waals surface area contributed by atoms with Crippen molar-refractivity contribution in [3.63, 3.8) is 0 Å². The molecule has 1 saturated carbocycles. The predicted molar refractivity (Wildman–Crippen MR) is 109 cm³/mol. The number of esters is 1. The molecule has 1 aromatic rings. The maximum absolute atomic E-state index is 13.4. The van der Waals surface area contributed by atoms with Crippen molar-refractivity contribution in [3.8, 4) is 6.19 Å². The van der Waals surface area contributed by atoms with Gasteiger partial charge in [0.1, 0.15) is 0 Å². The minimum Gasteiger partial charge on any atom is -0.469 e. The van der Waals surface area contributed by atoms with Crippen LogP contribution in [0.5, 0.6) is 0 Å². The number of fused-ring (bicyclic) bond motifs is 2. The van der Waals surface area contributed by atoms with Crippen LogP contribution in [0.4, 0.5) is 5.69 Å². The third kappa shape index (κ3) is 2.96. The smallest absolute Gasteiger partial charge is 0.311 e. The van der Waals surface area contributed by atoms with Crippen LogP contribution >= 0.6 is 0 Å². The van der Waals surface area contributed by atoms with E-state index < -0.39 is 29.4 Å². The van der Waals surface area contributed by atoms with Crippen molar-refractivity contribution < 1.29 is 19.4 Å². The van der Waals surface area contributed by atoms with Crippen molar-refractivity contribution >= 4 is 17.6 Å². The first-order chi connectivity index (χ1) is 14.5. The summed E-state index contributed by atoms with van der Waals surface area (Å²) in [6, 6.07) is 7.07. The van der Waals surface area contributed by atoms with Crippen molar-refractivity contribution in [1.82, 2.24) is 4.90 Å². The van der Waals surface area contributed by atoms with Crippen LogP contribution in [0.25, 0.3) is 0 Å². The molecule has 1 aromatic carbocycles. The number of rotatable bonds is 4. The van der Waals surface area contributed by atoms with Crippen LogP contribution in [-0.4, -0.2) is 54.2 Å². The van der Waals surface area contributed by atoms with E-state index in [9.17, 15) is 20.0 Å². The molecule has 160 valence electrons. The highest BCUT2D eigenvalue weighted by molar-refractivity contribution is 6.07. The average Bonchev–Trinajstić information content (AvgIpc) is 3.04. The Bertz CT molecular complexity index is 884. The molecule has 1 aliphatic carbocycles. The van der Waals surface area contributed by atoms with Crippen molar-refractivity contribution in [1.29, 1.82) is 5.26 Å². The van der Waals surface area contributed by atoms with Crippen LogP contribution < -0.4 is 11.1 Å². The van der Waals surface area contributed by atoms with Gasteiger partial charge in [0, 0.05) is 12.2 Å². The standard InChI is InChI=1S/C22H28N4O4/c1-30-20(28)19-14-10-18(26(12-24)11-13(14)6-7-17(19)27)22(8-9-23)15-4-2-3-5-16(15)25-21(22)29/h2-5,13-14,17-19,27H,6-11,23H2,1H3,(H,25,29)/t13-,14-,17-,18-,19+,22-/m0/s1. The summed E-state index contributed by atoms with van der Waals surface area (Å²) in [5.74, 6) is -1.31. The number of likely N-dealkylation sites (tertiary alicyclic amines) is 1. The number of hydrogen-bond donors (Lipinski definition) is 3. The van der Waals surface area contributed by atoms with Crippen molar-refractivity contribution in [2.45, 2.75) is 43.2 Å². The lowest BCUT2D eigenvalue weighted by Crippen LogP contribution is -2.61. The second-order valence-corrected chi connectivity index (χ2v) is 8.63. The highest BCUT2D eigenvalue weighted by Gasteiger charge is 2.58. The summed E-state index contributed by atoms with van der Waals surface area (Å²) in [6.45, 7) is 0.739. The number of amides is 1. The van der Waals surface area contributed by atoms with E-state index in [1.54, 1.807) is 4.90 Å². The van der Waals surface area contributed by atoms with Gasteiger partial charge in [-0.05, 0) is 55.7 Å². The lowest BCUT2D eigenvalue weighted by atomic mass is 9.60. The van der Waals surface area contributed by atoms with Gasteiger partial charge in [-0.15, -0.1) is 0 Å². The monoisotopic (exact) mass is 412 g/mol. The van der Waals surface area contributed by atoms with Gasteiger partial charge in [0.2, 0.25) is 5.91 Å². The SMILES string of the molecule is COC(=O)[C@@H]1[C@H]2C[C@@H]([C@@]3(CCN)C(=O)Nc4ccccc43)N(C#N)C[C@@H]2CC[C@@H]1O. The Morgan fingerprint density at radius 2 is 2.20 bits per heavy atom. The third-order valence-corrected chi connectivity index (χ3v) is 7.39. The summed E-state index contributed by atoms with van der Waals surface area (Å²) >= 11 is 0. The summed E-state index contributed by atoms with van der Waals surface area (Å²) in [5.41, 5.74) is 6.57. The van der Waals surface area contributed by atoms with E-state index in [-0.39, 0.29) is 24.3 Å². The van der Waals surface area contributed by atoms with Gasteiger partial charge < -0.3 is 25.8 Å². The summed E-state index contributed by atoms with van der Waals surface area (Å²) in [7, 11) is 1.33. The fourth-order valence-electron chi connectivity index (χ4n) is 6.04. The normalized spacial score (nSPS) is 35.1. The maximum Gasteiger partial charge on any atom is 0.311 e. The van der Waals surface area contributed by atoms with Gasteiger partial charge in [0.15, 0.2) is 6.19 Å². The van der Waals surface area contributed by atoms with Crippen LogP contribution in [0.1, 0.15) is 31.2 Å². The van der Waals surface area contributed by atoms with Crippen LogP contribution in [-0.2, 0) is 19.7 Å². The number of nitrogens with zero attached hydrogens (tertiary/aromatic N) is 2. The molecule has 1 amide bonds. The molecule has 0 radical (unpaired) electrons. The number of hydrogen-bond acceptors (Lipinski definition) is 7. The number of methoxy groups -OCH3 is 1. The summed E-state index contributed by atoms with van der Waals surface area (Å²) in [6.07, 6.45) is 3.59. The number of nitrogens with two attached hydrogens (primary N) is 1. The van der Waals surface area contributed by atoms with Crippen molar-refractivity contribution in [2.75, 3.05) is 25.5 Å². The zero-order valence-electron chi connectivity index (χ0n) is 17.1. The van der Waals surface area contributed by atoms with E-state index in [0.717, 1.165) is 17.7 Å². The minimum absolute atomic E-state index is 0.0861. The van der Waals surface area contributed by atoms with E-state index in [1.807, 2.05) is 24.3 Å². The van der Waals surface area contributed by atoms with E-state index >= 15 is 0 Å². The van der Waals surface area contributed by atoms with Gasteiger partial charge in [-0.2, -0.15) is 5.26 Å². The summed E-state index contributed by atoms with van der Waals surface area (Å²) < 4.78 is 5.00. The lowest BCUT2D eigenvalue weighted by Gasteiger charge is -2.52. The van der Waals surface area contributed by atoms with Crippen LogP contribution in [0.3, 0.4) is 0 Å². The number of aliphatic hydroxyl groups is 1. The molecule has 8 nitrogen and oxygen atoms in total. The molecule has 8 heteroatoms. The lowest BCUT2D eigenvalue weighted by molar-refractivity contribution is -0.160. The van der Waals surface area contributed by atoms with Gasteiger partial charge in [0.05, 0.1) is 30.6 Å². The number of piperidine rings is 1. The molecule has 0 bridgehead atoms. The fourth-order valence-corrected chi connectivity index (χ4v) is 6.04. The van der Waals surface area contributed by atoms with E-state index in [4.69, 9.17) is 10.5 Å². The molecule has 1 saturated heterocycles. The molecule has 0 spiro atoms. The number of nitrogens with one attached hydrogen (secondary N) is 1. The molecule has 30 heavy (non-hydrogen) atoms. The van der Waals surface area contributed by atoms with E-state index in [2.05, 4.69) is 11.5 Å². The number of ether oxygens (including phenoxy) is 1. The molecule has 6 atom stereocenters. The fraction of sp³-hybridized carbons (Fsp3) is 0.591. The number of anilines is 1. The van der Waals surface area contributed by atoms with Crippen LogP contribution in [0, 0.1) is 29.2 Å². The Hall–Kier alpha value is -2.63. The summed E-state index contributed by atoms with van der Waals surface area (Å²) in [4.78, 5) is 27.6. The first-order valence-corrected chi connectivity index (χ1v) is 10.5. The molecule has 0 aromatic heterocycles. The second-order valence-electron chi connectivity index (χ2n) is 8.63. The Balaban J connectivity index is 1.79. The quantitative estimate of drug-likeness (QED) is 0.496. The van der Waals surface area contributed by atoms with Gasteiger partial charge >= 0.3 is 5.97 Å². The third-order valence-electron chi connectivity index (χ3n) is 7.39. The van der Waals surface area contributed by atoms with Crippen LogP contribution in [0.15, 0.2) is 24.3 Å². The molecule has 2 heterocycles. The number of carbonyl (C=O) groups excluding carboxylic acids is 2. The van der Waals surface area contributed by atoms with Gasteiger partial charge in [-0.25, -0.2) is 0 Å². The number of benzene rings is 1. The molecule has 2 aliphatic heterocycles. The Morgan fingerprint density at radius 3 is 2.90 bits per heavy atom. The highest BCUT2D eigenvalue weighted by atomic mass is 16.5. The zero-order valence-corrected chi connectivity index (χ0v) is 17.1. The number of carbonyl (C=O) groups is 2. The Morgan fingerprint density at radius 1 is 1.43 bits per heavy atom. The minimum atomic E-state index is -0.977. The molecule has 4 N–H and O–H groups in total. The first kappa shape index (κ1) is 20.6. The molecule has 2 fully saturated rings. The largest absolute Gasteiger partial charge is 0.469 e. The number of aliphatic hydroxyl groups excluding tert-OH is 1. The van der Waals surface area contributed by atoms with Gasteiger partial charge in [-0.3, -0.25) is 9.59 Å². The van der Waals surface area contributed by atoms with Gasteiger partial charge in [0.25, 0.3) is 0 Å². The predicted octanol–water partition coefficient (Wildman–Crippen LogP) is 0.957. The second kappa shape index (κ2) is 7.89. The van der Waals surface area contributed by atoms with Crippen molar-refractivity contribution in [2.24, 2.45) is 23.5 Å². The van der Waals surface area contributed by atoms with E-state index in [1.165, 1.54) is 7.11 Å². The Labute approximate surface area is 176 Å². The topological polar surface area (TPSA) is 129 Å². The van der Waals surface area contributed by atoms with Gasteiger partial charge in [-0.1, -0.05) is 18.2 Å². The highest BCUT2D eigenvalue weighted by Crippen LogP contribution is 2.51. The molecule has 0 unspecified atom stereocenters. The van der Waals surface area contributed by atoms with Crippen LogP contribution in [0.2, 0.25) is 0 Å². The molecule has 4 rings (SSSR count). The van der Waals surface area contributed by atoms with E-state index in [0.29, 0.717) is 25.8 Å². The average molecular weight is 412 g/mol. The maximum atomic E-state index is 13.4. The molecular weight excluding hydrogens is 384 g/mol. The Kier molecular flexibility index (Phi) is 5.43. The van der Waals surface area contributed by atoms with Crippen molar-refractivity contribution in [3.05, 3.63) is 29.8 Å². The number of nitriles is 1.